The molecule has 0 bridgehead atoms. The number of carbonyl (C=O) groups excluding carboxylic acids is 1. The number of nitrogens with zero attached hydrogens (tertiary/aromatic N) is 4. The van der Waals surface area contributed by atoms with Crippen molar-refractivity contribution in [1.82, 2.24) is 24.2 Å². The molecule has 4 heterocycles. The van der Waals surface area contributed by atoms with Crippen LogP contribution >= 0.6 is 0 Å². The maximum Gasteiger partial charge on any atom is 0.362 e. The monoisotopic (exact) mass is 508 g/mol. The fourth-order valence-electron chi connectivity index (χ4n) is 4.07. The number of hydrogen-bond acceptors (Lipinski definition) is 11. The first-order valence-corrected chi connectivity index (χ1v) is 11.9. The smallest absolute Gasteiger partial charge is 0.362 e. The molecule has 0 spiro atoms. The molecule has 186 valence electrons. The summed E-state index contributed by atoms with van der Waals surface area (Å²) in [6.07, 6.45) is -0.356. The Morgan fingerprint density at radius 2 is 1.97 bits per heavy atom. The summed E-state index contributed by atoms with van der Waals surface area (Å²) in [4.78, 5) is 24.5. The Balaban J connectivity index is 1.34. The van der Waals surface area contributed by atoms with Crippen LogP contribution in [0.3, 0.4) is 0 Å². The van der Waals surface area contributed by atoms with Crippen molar-refractivity contribution in [2.24, 2.45) is 0 Å². The summed E-state index contributed by atoms with van der Waals surface area (Å²) in [5.41, 5.74) is 6.17. The number of rotatable bonds is 6. The molecule has 2 aliphatic rings. The molecule has 2 fully saturated rings. The van der Waals surface area contributed by atoms with Crippen molar-refractivity contribution in [3.63, 3.8) is 0 Å². The molecular weight excluding hydrogens is 487 g/mol. The van der Waals surface area contributed by atoms with Crippen LogP contribution in [-0.2, 0) is 28.7 Å². The first-order valence-electron chi connectivity index (χ1n) is 10.4. The van der Waals surface area contributed by atoms with Crippen LogP contribution in [0, 0.1) is 5.82 Å². The first kappa shape index (κ1) is 23.5. The lowest BCUT2D eigenvalue weighted by molar-refractivity contribution is -0.198. The Hall–Kier alpha value is -3.24. The summed E-state index contributed by atoms with van der Waals surface area (Å²) in [6.45, 7) is 2.90. The number of hydrogen-bond donors (Lipinski definition) is 2. The molecule has 4 atom stereocenters. The van der Waals surface area contributed by atoms with E-state index in [4.69, 9.17) is 24.1 Å². The molecule has 5 rings (SSSR count). The Morgan fingerprint density at radius 3 is 2.74 bits per heavy atom. The third-order valence-corrected chi connectivity index (χ3v) is 6.39. The number of nitrogens with one attached hydrogen (secondary N) is 1. The van der Waals surface area contributed by atoms with Gasteiger partial charge in [-0.3, -0.25) is 13.5 Å². The van der Waals surface area contributed by atoms with E-state index in [0.29, 0.717) is 11.2 Å². The number of nitrogens with two attached hydrogens (primary N) is 1. The van der Waals surface area contributed by atoms with Gasteiger partial charge in [0.2, 0.25) is 0 Å². The van der Waals surface area contributed by atoms with Crippen LogP contribution in [0.25, 0.3) is 11.2 Å². The van der Waals surface area contributed by atoms with E-state index in [1.54, 1.807) is 23.1 Å². The molecule has 15 heteroatoms. The largest absolute Gasteiger partial charge is 0.382 e. The molecule has 13 nitrogen and oxygen atoms in total. The summed E-state index contributed by atoms with van der Waals surface area (Å²) in [5, 5.41) is 0. The van der Waals surface area contributed by atoms with E-state index in [1.165, 1.54) is 24.8 Å². The number of fused-ring (bicyclic) bond motifs is 2. The van der Waals surface area contributed by atoms with Gasteiger partial charge in [-0.15, -0.1) is 0 Å². The zero-order valence-electron chi connectivity index (χ0n) is 18.5. The average molecular weight is 508 g/mol. The number of anilines is 1. The van der Waals surface area contributed by atoms with Crippen molar-refractivity contribution in [3.05, 3.63) is 48.3 Å². The molecule has 0 radical (unpaired) electrons. The van der Waals surface area contributed by atoms with Crippen molar-refractivity contribution >= 4 is 33.2 Å². The second kappa shape index (κ2) is 8.46. The highest BCUT2D eigenvalue weighted by Crippen LogP contribution is 2.44. The number of aromatic nitrogens is 4. The number of nitrogen functional groups attached to an aromatic ring is 1. The van der Waals surface area contributed by atoms with E-state index in [9.17, 15) is 17.6 Å². The van der Waals surface area contributed by atoms with E-state index in [-0.39, 0.29) is 5.82 Å². The number of amides is 1. The predicted molar refractivity (Wildman–Crippen MR) is 116 cm³/mol. The van der Waals surface area contributed by atoms with Gasteiger partial charge in [0.1, 0.15) is 36.0 Å². The van der Waals surface area contributed by atoms with Crippen molar-refractivity contribution < 1.29 is 36.0 Å². The maximum absolute atomic E-state index is 13.8. The molecule has 2 aliphatic heterocycles. The number of imidazole rings is 1. The van der Waals surface area contributed by atoms with E-state index < -0.39 is 64.5 Å². The molecule has 1 aromatic carbocycles. The van der Waals surface area contributed by atoms with Gasteiger partial charge in [0.15, 0.2) is 23.5 Å². The molecule has 0 saturated carbocycles. The lowest BCUT2D eigenvalue weighted by atomic mass is 10.1. The number of ether oxygens (including phenoxy) is 3. The van der Waals surface area contributed by atoms with Gasteiger partial charge in [-0.25, -0.2) is 24.1 Å². The molecule has 2 saturated heterocycles. The third kappa shape index (κ3) is 4.43. The standard InChI is InChI=1S/C20H21FN6O7S/c1-20(2)33-14-12(7-31-35(29,30)26-18(28)10-5-3-4-6-11(10)21)32-19(15(14)34-20)27-9-25-13-16(22)23-8-24-17(13)27/h3-6,8-9,12,14-15,19H,7H2,1-2H3,(H,26,28)(H2,22,23,24)/t12-,14-,15-,19-/m1/s1. The van der Waals surface area contributed by atoms with E-state index >= 15 is 0 Å². The minimum atomic E-state index is -4.60. The second-order valence-electron chi connectivity index (χ2n) is 8.36. The van der Waals surface area contributed by atoms with E-state index in [1.807, 2.05) is 0 Å². The van der Waals surface area contributed by atoms with Gasteiger partial charge in [-0.2, -0.15) is 8.42 Å². The topological polar surface area (TPSA) is 170 Å². The number of carbonyl (C=O) groups is 1. The zero-order chi connectivity index (χ0) is 25.0. The summed E-state index contributed by atoms with van der Waals surface area (Å²) in [5.74, 6) is -2.85. The van der Waals surface area contributed by atoms with E-state index in [2.05, 4.69) is 15.0 Å². The lowest BCUT2D eigenvalue weighted by Gasteiger charge is -2.24. The second-order valence-corrected chi connectivity index (χ2v) is 9.71. The highest BCUT2D eigenvalue weighted by Gasteiger charge is 2.56. The lowest BCUT2D eigenvalue weighted by Crippen LogP contribution is -2.38. The van der Waals surface area contributed by atoms with Crippen LogP contribution in [0.4, 0.5) is 10.2 Å². The quantitative estimate of drug-likeness (QED) is 0.479. The fourth-order valence-corrected chi connectivity index (χ4v) is 4.78. The highest BCUT2D eigenvalue weighted by atomic mass is 32.2. The van der Waals surface area contributed by atoms with Crippen molar-refractivity contribution in [1.29, 1.82) is 0 Å². The van der Waals surface area contributed by atoms with Gasteiger partial charge in [-0.05, 0) is 26.0 Å². The van der Waals surface area contributed by atoms with Gasteiger partial charge in [0.25, 0.3) is 5.91 Å². The number of halogens is 1. The Morgan fingerprint density at radius 1 is 1.23 bits per heavy atom. The van der Waals surface area contributed by atoms with Crippen molar-refractivity contribution in [3.8, 4) is 0 Å². The Labute approximate surface area is 198 Å². The zero-order valence-corrected chi connectivity index (χ0v) is 19.3. The molecule has 3 aromatic rings. The fraction of sp³-hybridized carbons (Fsp3) is 0.400. The average Bonchev–Trinajstić information content (AvgIpc) is 3.44. The van der Waals surface area contributed by atoms with Crippen LogP contribution in [0.15, 0.2) is 36.9 Å². The summed E-state index contributed by atoms with van der Waals surface area (Å²) >= 11 is 0. The molecular formula is C20H21FN6O7S. The van der Waals surface area contributed by atoms with Crippen LogP contribution in [0.2, 0.25) is 0 Å². The van der Waals surface area contributed by atoms with Crippen molar-refractivity contribution in [2.45, 2.75) is 44.2 Å². The summed E-state index contributed by atoms with van der Waals surface area (Å²) < 4.78 is 64.8. The highest BCUT2D eigenvalue weighted by molar-refractivity contribution is 7.85. The van der Waals surface area contributed by atoms with Gasteiger partial charge in [0.05, 0.1) is 18.5 Å². The van der Waals surface area contributed by atoms with Gasteiger partial charge >= 0.3 is 10.3 Å². The van der Waals surface area contributed by atoms with Gasteiger partial charge in [0, 0.05) is 0 Å². The minimum Gasteiger partial charge on any atom is -0.382 e. The number of benzene rings is 1. The van der Waals surface area contributed by atoms with Crippen molar-refractivity contribution in [2.75, 3.05) is 12.3 Å². The van der Waals surface area contributed by atoms with Crippen LogP contribution < -0.4 is 10.5 Å². The van der Waals surface area contributed by atoms with E-state index in [0.717, 1.165) is 12.1 Å². The summed E-state index contributed by atoms with van der Waals surface area (Å²) in [7, 11) is -4.60. The normalized spacial score (nSPS) is 25.6. The molecule has 3 N–H and O–H groups in total. The Kier molecular flexibility index (Phi) is 5.68. The summed E-state index contributed by atoms with van der Waals surface area (Å²) in [6, 6.07) is 4.95. The molecule has 0 unspecified atom stereocenters. The predicted octanol–water partition coefficient (Wildman–Crippen LogP) is 0.656. The van der Waals surface area contributed by atoms with Crippen LogP contribution in [0.5, 0.6) is 0 Å². The Bertz CT molecular complexity index is 1400. The molecule has 2 aromatic heterocycles. The first-order chi connectivity index (χ1) is 16.5. The SMILES string of the molecule is CC1(C)O[C@@H]2[C@H](O1)[C@@H](COS(=O)(=O)NC(=O)c1ccccc1F)O[C@H]2n1cnc2c(N)ncnc21. The van der Waals surface area contributed by atoms with Gasteiger partial charge < -0.3 is 19.9 Å². The maximum atomic E-state index is 13.8. The molecule has 0 aliphatic carbocycles. The van der Waals surface area contributed by atoms with Crippen LogP contribution in [0.1, 0.15) is 30.4 Å². The molecule has 35 heavy (non-hydrogen) atoms. The van der Waals surface area contributed by atoms with Gasteiger partial charge in [-0.1, -0.05) is 12.1 Å². The third-order valence-electron chi connectivity index (χ3n) is 5.51. The minimum absolute atomic E-state index is 0.184. The van der Waals surface area contributed by atoms with Crippen LogP contribution in [-0.4, -0.2) is 64.5 Å². The molecule has 1 amide bonds.